The Morgan fingerprint density at radius 1 is 1.80 bits per heavy atom. The van der Waals surface area contributed by atoms with Crippen LogP contribution in [0.2, 0.25) is 0 Å². The van der Waals surface area contributed by atoms with Crippen molar-refractivity contribution in [3.8, 4) is 0 Å². The number of carboxylic acids is 1. The Morgan fingerprint density at radius 2 is 2.40 bits per heavy atom. The second-order valence-electron chi connectivity index (χ2n) is 2.57. The number of ether oxygens (including phenoxy) is 1. The Hall–Kier alpha value is -0.570. The molecule has 1 atom stereocenters. The minimum absolute atomic E-state index is 0.237. The first-order chi connectivity index (χ1) is 4.74. The molecule has 3 nitrogen and oxygen atoms in total. The third kappa shape index (κ3) is 1.99. The molecule has 0 amide bonds. The molecule has 0 aromatic heterocycles. The Labute approximate surface area is 60.0 Å². The summed E-state index contributed by atoms with van der Waals surface area (Å²) in [5, 5.41) is 8.52. The zero-order chi connectivity index (χ0) is 7.56. The molecule has 1 rings (SSSR count). The number of carboxylic acid groups (broad SMARTS) is 1. The van der Waals surface area contributed by atoms with Crippen molar-refractivity contribution in [2.24, 2.45) is 0 Å². The Kier molecular flexibility index (Phi) is 2.27. The van der Waals surface area contributed by atoms with E-state index in [4.69, 9.17) is 9.84 Å². The van der Waals surface area contributed by atoms with Crippen LogP contribution in [0.5, 0.6) is 0 Å². The SMILES string of the molecule is CC[C@H](OC1CC1)C(=O)O. The highest BCUT2D eigenvalue weighted by Crippen LogP contribution is 2.25. The summed E-state index contributed by atoms with van der Waals surface area (Å²) in [5.74, 6) is -0.839. The molecule has 0 radical (unpaired) electrons. The summed E-state index contributed by atoms with van der Waals surface area (Å²) in [6.45, 7) is 1.82. The predicted molar refractivity (Wildman–Crippen MR) is 35.8 cm³/mol. The van der Waals surface area contributed by atoms with E-state index in [0.717, 1.165) is 12.8 Å². The first-order valence-corrected chi connectivity index (χ1v) is 3.62. The van der Waals surface area contributed by atoms with E-state index in [2.05, 4.69) is 0 Å². The molecule has 3 heteroatoms. The van der Waals surface area contributed by atoms with Crippen molar-refractivity contribution in [3.05, 3.63) is 0 Å². The number of hydrogen-bond acceptors (Lipinski definition) is 2. The second-order valence-corrected chi connectivity index (χ2v) is 2.57. The number of rotatable bonds is 4. The van der Waals surface area contributed by atoms with Gasteiger partial charge in [0.15, 0.2) is 6.10 Å². The van der Waals surface area contributed by atoms with Crippen LogP contribution < -0.4 is 0 Å². The van der Waals surface area contributed by atoms with Crippen molar-refractivity contribution in [1.82, 2.24) is 0 Å². The number of aliphatic carboxylic acids is 1. The summed E-state index contributed by atoms with van der Waals surface area (Å²) in [5.41, 5.74) is 0. The molecule has 0 aliphatic heterocycles. The van der Waals surface area contributed by atoms with Gasteiger partial charge in [0.1, 0.15) is 0 Å². The summed E-state index contributed by atoms with van der Waals surface area (Å²) in [6.07, 6.45) is 2.29. The van der Waals surface area contributed by atoms with E-state index in [1.165, 1.54) is 0 Å². The van der Waals surface area contributed by atoms with E-state index in [1.807, 2.05) is 6.92 Å². The number of carbonyl (C=O) groups is 1. The van der Waals surface area contributed by atoms with Gasteiger partial charge in [0.25, 0.3) is 0 Å². The average Bonchev–Trinajstić information content (AvgIpc) is 2.64. The molecule has 1 N–H and O–H groups in total. The van der Waals surface area contributed by atoms with Crippen molar-refractivity contribution >= 4 is 5.97 Å². The van der Waals surface area contributed by atoms with Crippen LogP contribution in [0, 0.1) is 0 Å². The summed E-state index contributed by atoms with van der Waals surface area (Å²) >= 11 is 0. The molecule has 0 heterocycles. The quantitative estimate of drug-likeness (QED) is 0.641. The maximum absolute atomic E-state index is 10.4. The second kappa shape index (κ2) is 3.01. The molecule has 0 bridgehead atoms. The fourth-order valence-corrected chi connectivity index (χ4v) is 0.765. The minimum Gasteiger partial charge on any atom is -0.479 e. The molecule has 1 aliphatic rings. The van der Waals surface area contributed by atoms with Gasteiger partial charge in [-0.05, 0) is 19.3 Å². The van der Waals surface area contributed by atoms with Gasteiger partial charge < -0.3 is 9.84 Å². The molecule has 1 aliphatic carbocycles. The zero-order valence-corrected chi connectivity index (χ0v) is 6.04. The van der Waals surface area contributed by atoms with Crippen LogP contribution in [0.25, 0.3) is 0 Å². The topological polar surface area (TPSA) is 46.5 Å². The summed E-state index contributed by atoms with van der Waals surface area (Å²) in [4.78, 5) is 10.4. The fraction of sp³-hybridized carbons (Fsp3) is 0.857. The third-order valence-corrected chi connectivity index (χ3v) is 1.53. The van der Waals surface area contributed by atoms with E-state index in [1.54, 1.807) is 0 Å². The molecule has 0 spiro atoms. The normalized spacial score (nSPS) is 20.5. The highest BCUT2D eigenvalue weighted by Gasteiger charge is 2.28. The van der Waals surface area contributed by atoms with Gasteiger partial charge in [-0.15, -0.1) is 0 Å². The summed E-state index contributed by atoms with van der Waals surface area (Å²) < 4.78 is 5.17. The number of hydrogen-bond donors (Lipinski definition) is 1. The first kappa shape index (κ1) is 7.54. The molecule has 10 heavy (non-hydrogen) atoms. The van der Waals surface area contributed by atoms with Crippen molar-refractivity contribution in [3.63, 3.8) is 0 Å². The smallest absolute Gasteiger partial charge is 0.332 e. The third-order valence-electron chi connectivity index (χ3n) is 1.53. The fourth-order valence-electron chi connectivity index (χ4n) is 0.765. The summed E-state index contributed by atoms with van der Waals surface area (Å²) in [6, 6.07) is 0. The first-order valence-electron chi connectivity index (χ1n) is 3.62. The van der Waals surface area contributed by atoms with E-state index in [9.17, 15) is 4.79 Å². The van der Waals surface area contributed by atoms with Crippen LogP contribution in [-0.2, 0) is 9.53 Å². The molecule has 0 unspecified atom stereocenters. The van der Waals surface area contributed by atoms with Gasteiger partial charge in [-0.1, -0.05) is 6.92 Å². The zero-order valence-electron chi connectivity index (χ0n) is 6.04. The van der Waals surface area contributed by atoms with Gasteiger partial charge in [-0.2, -0.15) is 0 Å². The van der Waals surface area contributed by atoms with Crippen LogP contribution in [0.3, 0.4) is 0 Å². The molecule has 0 saturated heterocycles. The Morgan fingerprint density at radius 3 is 2.70 bits per heavy atom. The predicted octanol–water partition coefficient (Wildman–Crippen LogP) is 1.03. The van der Waals surface area contributed by atoms with Crippen molar-refractivity contribution < 1.29 is 14.6 Å². The molecular formula is C7H12O3. The summed E-state index contributed by atoms with van der Waals surface area (Å²) in [7, 11) is 0. The largest absolute Gasteiger partial charge is 0.479 e. The van der Waals surface area contributed by atoms with Crippen LogP contribution in [0.15, 0.2) is 0 Å². The van der Waals surface area contributed by atoms with Gasteiger partial charge in [0.2, 0.25) is 0 Å². The standard InChI is InChI=1S/C7H12O3/c1-2-6(7(8)9)10-5-3-4-5/h5-6H,2-4H2,1H3,(H,8,9)/t6-/m0/s1. The minimum atomic E-state index is -0.839. The van der Waals surface area contributed by atoms with Crippen LogP contribution in [0.1, 0.15) is 26.2 Å². The maximum atomic E-state index is 10.4. The van der Waals surface area contributed by atoms with Gasteiger partial charge in [-0.25, -0.2) is 4.79 Å². The van der Waals surface area contributed by atoms with Gasteiger partial charge in [0.05, 0.1) is 6.10 Å². The van der Waals surface area contributed by atoms with Crippen LogP contribution >= 0.6 is 0 Å². The molecular weight excluding hydrogens is 132 g/mol. The lowest BCUT2D eigenvalue weighted by atomic mass is 10.3. The van der Waals surface area contributed by atoms with E-state index in [-0.39, 0.29) is 6.10 Å². The van der Waals surface area contributed by atoms with Crippen molar-refractivity contribution in [2.75, 3.05) is 0 Å². The van der Waals surface area contributed by atoms with Crippen molar-refractivity contribution in [1.29, 1.82) is 0 Å². The van der Waals surface area contributed by atoms with Gasteiger partial charge in [-0.3, -0.25) is 0 Å². The van der Waals surface area contributed by atoms with E-state index in [0.29, 0.717) is 6.42 Å². The van der Waals surface area contributed by atoms with Crippen molar-refractivity contribution in [2.45, 2.75) is 38.4 Å². The van der Waals surface area contributed by atoms with E-state index >= 15 is 0 Å². The van der Waals surface area contributed by atoms with Gasteiger partial charge >= 0.3 is 5.97 Å². The van der Waals surface area contributed by atoms with Crippen LogP contribution in [-0.4, -0.2) is 23.3 Å². The van der Waals surface area contributed by atoms with Gasteiger partial charge in [0, 0.05) is 0 Å². The highest BCUT2D eigenvalue weighted by atomic mass is 16.5. The Balaban J connectivity index is 2.24. The lowest BCUT2D eigenvalue weighted by Crippen LogP contribution is -2.23. The van der Waals surface area contributed by atoms with E-state index < -0.39 is 12.1 Å². The molecule has 58 valence electrons. The monoisotopic (exact) mass is 144 g/mol. The Bertz CT molecular complexity index is 129. The maximum Gasteiger partial charge on any atom is 0.332 e. The average molecular weight is 144 g/mol. The van der Waals surface area contributed by atoms with Crippen LogP contribution in [0.4, 0.5) is 0 Å². The lowest BCUT2D eigenvalue weighted by molar-refractivity contribution is -0.151. The molecule has 0 aromatic carbocycles. The molecule has 0 aromatic rings. The molecule has 1 saturated carbocycles. The lowest BCUT2D eigenvalue weighted by Gasteiger charge is -2.09. The highest BCUT2D eigenvalue weighted by molar-refractivity contribution is 5.72. The molecule has 1 fully saturated rings.